The molecule has 4 heteroatoms. The first-order valence-corrected chi connectivity index (χ1v) is 7.46. The topological polar surface area (TPSA) is 12.0 Å². The highest BCUT2D eigenvalue weighted by molar-refractivity contribution is 9.11. The fourth-order valence-electron chi connectivity index (χ4n) is 1.68. The first kappa shape index (κ1) is 13.9. The number of hydrogen-bond donors (Lipinski definition) is 1. The van der Waals surface area contributed by atoms with Crippen LogP contribution in [0.5, 0.6) is 0 Å². The van der Waals surface area contributed by atoms with Gasteiger partial charge in [-0.3, -0.25) is 0 Å². The summed E-state index contributed by atoms with van der Waals surface area (Å²) in [6.45, 7) is 2.85. The molecule has 94 valence electrons. The third-order valence-electron chi connectivity index (χ3n) is 2.71. The Morgan fingerprint density at radius 2 is 1.89 bits per heavy atom. The molecule has 0 radical (unpaired) electrons. The Morgan fingerprint density at radius 3 is 2.56 bits per heavy atom. The number of nitrogens with one attached hydrogen (secondary N) is 1. The molecule has 1 N–H and O–H groups in total. The lowest BCUT2D eigenvalue weighted by atomic mass is 10.1. The van der Waals surface area contributed by atoms with E-state index in [1.807, 2.05) is 30.3 Å². The van der Waals surface area contributed by atoms with Crippen molar-refractivity contribution in [3.8, 4) is 0 Å². The van der Waals surface area contributed by atoms with Crippen LogP contribution in [0.3, 0.4) is 0 Å². The molecule has 0 aromatic heterocycles. The van der Waals surface area contributed by atoms with E-state index in [0.717, 1.165) is 26.2 Å². The molecule has 0 amide bonds. The number of rotatable bonds is 3. The molecule has 0 atom stereocenters. The van der Waals surface area contributed by atoms with Crippen molar-refractivity contribution in [3.63, 3.8) is 0 Å². The normalized spacial score (nSPS) is 10.4. The van der Waals surface area contributed by atoms with Crippen LogP contribution >= 0.6 is 43.5 Å². The molecule has 0 aliphatic carbocycles. The van der Waals surface area contributed by atoms with Gasteiger partial charge in [0, 0.05) is 26.2 Å². The van der Waals surface area contributed by atoms with Gasteiger partial charge in [0.15, 0.2) is 0 Å². The second kappa shape index (κ2) is 6.09. The Labute approximate surface area is 129 Å². The highest BCUT2D eigenvalue weighted by atomic mass is 79.9. The number of aryl methyl sites for hydroxylation is 1. The zero-order chi connectivity index (χ0) is 13.1. The lowest BCUT2D eigenvalue weighted by Crippen LogP contribution is -2.01. The van der Waals surface area contributed by atoms with Crippen LogP contribution in [-0.4, -0.2) is 0 Å². The van der Waals surface area contributed by atoms with Crippen LogP contribution in [0.2, 0.25) is 5.02 Å². The van der Waals surface area contributed by atoms with Crippen molar-refractivity contribution < 1.29 is 0 Å². The zero-order valence-corrected chi connectivity index (χ0v) is 13.7. The maximum Gasteiger partial charge on any atom is 0.0488 e. The van der Waals surface area contributed by atoms with Gasteiger partial charge in [-0.1, -0.05) is 33.6 Å². The van der Waals surface area contributed by atoms with Crippen LogP contribution in [0.1, 0.15) is 11.1 Å². The van der Waals surface area contributed by atoms with E-state index < -0.39 is 0 Å². The molecule has 0 fully saturated rings. The molecule has 2 rings (SSSR count). The predicted octanol–water partition coefficient (Wildman–Crippen LogP) is 5.79. The average molecular weight is 390 g/mol. The quantitative estimate of drug-likeness (QED) is 0.701. The van der Waals surface area contributed by atoms with Gasteiger partial charge in [-0.15, -0.1) is 0 Å². The minimum atomic E-state index is 0.779. The molecule has 0 unspecified atom stereocenters. The van der Waals surface area contributed by atoms with Crippen molar-refractivity contribution in [1.29, 1.82) is 0 Å². The number of halogens is 3. The molecule has 1 nitrogen and oxygen atoms in total. The van der Waals surface area contributed by atoms with Crippen molar-refractivity contribution in [2.45, 2.75) is 13.5 Å². The molecule has 2 aromatic rings. The molecular formula is C14H12Br2ClN. The lowest BCUT2D eigenvalue weighted by molar-refractivity contribution is 1.12. The minimum absolute atomic E-state index is 0.779. The first-order chi connectivity index (χ1) is 8.56. The number of anilines is 1. The van der Waals surface area contributed by atoms with E-state index in [1.54, 1.807) is 0 Å². The fourth-order valence-corrected chi connectivity index (χ4v) is 3.09. The van der Waals surface area contributed by atoms with Crippen LogP contribution in [0.25, 0.3) is 0 Å². The van der Waals surface area contributed by atoms with Crippen LogP contribution in [0.4, 0.5) is 5.69 Å². The summed E-state index contributed by atoms with van der Waals surface area (Å²) in [5, 5.41) is 4.18. The number of hydrogen-bond acceptors (Lipinski definition) is 1. The molecule has 0 heterocycles. The van der Waals surface area contributed by atoms with Gasteiger partial charge in [0.1, 0.15) is 0 Å². The molecule has 0 spiro atoms. The van der Waals surface area contributed by atoms with Crippen molar-refractivity contribution in [2.24, 2.45) is 0 Å². The summed E-state index contributed by atoms with van der Waals surface area (Å²) in [6.07, 6.45) is 0. The number of benzene rings is 2. The van der Waals surface area contributed by atoms with Crippen molar-refractivity contribution in [3.05, 3.63) is 61.5 Å². The third kappa shape index (κ3) is 3.50. The highest BCUT2D eigenvalue weighted by Gasteiger charge is 2.02. The second-order valence-electron chi connectivity index (χ2n) is 4.05. The van der Waals surface area contributed by atoms with Gasteiger partial charge in [0.05, 0.1) is 0 Å². The van der Waals surface area contributed by atoms with Gasteiger partial charge in [0.2, 0.25) is 0 Å². The summed E-state index contributed by atoms with van der Waals surface area (Å²) in [5.74, 6) is 0. The monoisotopic (exact) mass is 387 g/mol. The average Bonchev–Trinajstić information content (AvgIpc) is 2.30. The molecule has 0 aliphatic rings. The molecule has 2 aromatic carbocycles. The molecule has 0 bridgehead atoms. The summed E-state index contributed by atoms with van der Waals surface area (Å²) in [4.78, 5) is 0. The van der Waals surface area contributed by atoms with Crippen molar-refractivity contribution >= 4 is 49.1 Å². The summed E-state index contributed by atoms with van der Waals surface area (Å²) in [6, 6.07) is 12.0. The van der Waals surface area contributed by atoms with Gasteiger partial charge in [-0.2, -0.15) is 0 Å². The smallest absolute Gasteiger partial charge is 0.0488 e. The van der Waals surface area contributed by atoms with Gasteiger partial charge in [0.25, 0.3) is 0 Å². The molecule has 18 heavy (non-hydrogen) atoms. The van der Waals surface area contributed by atoms with E-state index in [0.29, 0.717) is 0 Å². The SMILES string of the molecule is Cc1cc(Cl)ccc1CNc1ccc(Br)cc1Br. The molecule has 0 saturated carbocycles. The summed E-state index contributed by atoms with van der Waals surface area (Å²) in [5.41, 5.74) is 3.52. The maximum absolute atomic E-state index is 5.94. The van der Waals surface area contributed by atoms with Crippen LogP contribution in [0, 0.1) is 6.92 Å². The molecule has 0 aliphatic heterocycles. The predicted molar refractivity (Wildman–Crippen MR) is 85.4 cm³/mol. The summed E-state index contributed by atoms with van der Waals surface area (Å²) in [7, 11) is 0. The van der Waals surface area contributed by atoms with Crippen LogP contribution < -0.4 is 5.32 Å². The Bertz CT molecular complexity index is 518. The van der Waals surface area contributed by atoms with E-state index in [9.17, 15) is 0 Å². The largest absolute Gasteiger partial charge is 0.380 e. The third-order valence-corrected chi connectivity index (χ3v) is 4.09. The van der Waals surface area contributed by atoms with Crippen molar-refractivity contribution in [2.75, 3.05) is 5.32 Å². The summed E-state index contributed by atoms with van der Waals surface area (Å²) < 4.78 is 2.10. The van der Waals surface area contributed by atoms with Gasteiger partial charge in [-0.05, 0) is 64.3 Å². The maximum atomic E-state index is 5.94. The highest BCUT2D eigenvalue weighted by Crippen LogP contribution is 2.27. The van der Waals surface area contributed by atoms with Gasteiger partial charge >= 0.3 is 0 Å². The van der Waals surface area contributed by atoms with E-state index >= 15 is 0 Å². The lowest BCUT2D eigenvalue weighted by Gasteiger charge is -2.11. The first-order valence-electron chi connectivity index (χ1n) is 5.50. The Morgan fingerprint density at radius 1 is 1.11 bits per heavy atom. The Kier molecular flexibility index (Phi) is 4.71. The van der Waals surface area contributed by atoms with E-state index in [2.05, 4.69) is 50.2 Å². The van der Waals surface area contributed by atoms with Gasteiger partial charge in [-0.25, -0.2) is 0 Å². The Balaban J connectivity index is 2.11. The van der Waals surface area contributed by atoms with E-state index in [1.165, 1.54) is 11.1 Å². The van der Waals surface area contributed by atoms with Crippen LogP contribution in [-0.2, 0) is 6.54 Å². The molecular weight excluding hydrogens is 377 g/mol. The second-order valence-corrected chi connectivity index (χ2v) is 6.25. The Hall–Kier alpha value is -0.510. The zero-order valence-electron chi connectivity index (χ0n) is 9.81. The fraction of sp³-hybridized carbons (Fsp3) is 0.143. The van der Waals surface area contributed by atoms with E-state index in [-0.39, 0.29) is 0 Å². The minimum Gasteiger partial charge on any atom is -0.380 e. The van der Waals surface area contributed by atoms with Gasteiger partial charge < -0.3 is 5.32 Å². The summed E-state index contributed by atoms with van der Waals surface area (Å²) >= 11 is 12.9. The standard InChI is InChI=1S/C14H12Br2ClN/c1-9-6-12(17)4-2-10(9)8-18-14-5-3-11(15)7-13(14)16/h2-7,18H,8H2,1H3. The van der Waals surface area contributed by atoms with Crippen LogP contribution in [0.15, 0.2) is 45.3 Å². The van der Waals surface area contributed by atoms with E-state index in [4.69, 9.17) is 11.6 Å². The van der Waals surface area contributed by atoms with Crippen molar-refractivity contribution in [1.82, 2.24) is 0 Å². The molecule has 0 saturated heterocycles.